The van der Waals surface area contributed by atoms with Crippen LogP contribution in [0.1, 0.15) is 57.4 Å². The van der Waals surface area contributed by atoms with Gasteiger partial charge in [0.25, 0.3) is 10.0 Å². The molecule has 41 heavy (non-hydrogen) atoms. The van der Waals surface area contributed by atoms with Gasteiger partial charge in [0.05, 0.1) is 40.6 Å². The maximum absolute atomic E-state index is 12.5. The van der Waals surface area contributed by atoms with Crippen molar-refractivity contribution in [2.45, 2.75) is 69.3 Å². The molecule has 0 amide bonds. The van der Waals surface area contributed by atoms with E-state index in [-0.39, 0.29) is 29.9 Å². The Balaban J connectivity index is 1.22. The highest BCUT2D eigenvalue weighted by molar-refractivity contribution is 7.90. The largest absolute Gasteiger partial charge is 0.396 e. The van der Waals surface area contributed by atoms with Crippen LogP contribution in [0.4, 0.5) is 17.3 Å². The molecular weight excluding hydrogens is 542 g/mol. The van der Waals surface area contributed by atoms with E-state index in [0.29, 0.717) is 41.8 Å². The van der Waals surface area contributed by atoms with Gasteiger partial charge in [0, 0.05) is 43.6 Å². The Morgan fingerprint density at radius 3 is 2.66 bits per heavy atom. The molecule has 2 saturated carbocycles. The van der Waals surface area contributed by atoms with Crippen LogP contribution in [-0.4, -0.2) is 68.3 Å². The summed E-state index contributed by atoms with van der Waals surface area (Å²) < 4.78 is 31.7. The van der Waals surface area contributed by atoms with Crippen LogP contribution in [0.3, 0.4) is 0 Å². The normalized spacial score (nSPS) is 24.4. The summed E-state index contributed by atoms with van der Waals surface area (Å²) in [6.07, 6.45) is 12.6. The number of nitrogens with one attached hydrogen (secondary N) is 2. The van der Waals surface area contributed by atoms with Gasteiger partial charge in [0.2, 0.25) is 0 Å². The molecule has 1 aliphatic heterocycles. The molecule has 0 aromatic carbocycles. The molecule has 2 aliphatic carbocycles. The van der Waals surface area contributed by atoms with Gasteiger partial charge in [-0.25, -0.2) is 23.4 Å². The van der Waals surface area contributed by atoms with Crippen LogP contribution < -0.4 is 10.6 Å². The summed E-state index contributed by atoms with van der Waals surface area (Å²) in [5.41, 5.74) is 2.24. The highest BCUT2D eigenvalue weighted by atomic mass is 32.2. The standard InChI is InChI=1S/C29H35N7O4S/c1-19-21(11-13-40-19)4-5-22-15-31-28(14-26(22)33-24-6-2-20(18-37)3-7-24)34-27-10-12-30-29(35-27)23-16-32-36(17-23)41(38,39)25-8-9-25/h10,12,14-17,19-21,24-25,37H,2-3,6-9,11,13,18H2,1H3,(H2,30,31,33,34,35)/t19-,20?,21+,24?/m0/s1. The Morgan fingerprint density at radius 2 is 1.93 bits per heavy atom. The van der Waals surface area contributed by atoms with E-state index in [2.05, 4.69) is 49.4 Å². The van der Waals surface area contributed by atoms with E-state index < -0.39 is 10.0 Å². The van der Waals surface area contributed by atoms with E-state index in [4.69, 9.17) is 4.74 Å². The van der Waals surface area contributed by atoms with Gasteiger partial charge in [0.15, 0.2) is 5.82 Å². The van der Waals surface area contributed by atoms with Crippen molar-refractivity contribution in [2.75, 3.05) is 23.8 Å². The minimum absolute atomic E-state index is 0.120. The van der Waals surface area contributed by atoms with Crippen molar-refractivity contribution in [1.29, 1.82) is 0 Å². The van der Waals surface area contributed by atoms with E-state index in [0.717, 1.165) is 54.0 Å². The number of anilines is 3. The smallest absolute Gasteiger partial charge is 0.256 e. The number of rotatable bonds is 8. The Labute approximate surface area is 240 Å². The number of nitrogens with zero attached hydrogens (tertiary/aromatic N) is 5. The van der Waals surface area contributed by atoms with Gasteiger partial charge < -0.3 is 20.5 Å². The average Bonchev–Trinajstić information content (AvgIpc) is 3.59. The number of hydrogen-bond donors (Lipinski definition) is 3. The molecule has 2 atom stereocenters. The van der Waals surface area contributed by atoms with Crippen molar-refractivity contribution in [3.05, 3.63) is 42.5 Å². The van der Waals surface area contributed by atoms with E-state index in [9.17, 15) is 13.5 Å². The SMILES string of the molecule is C[C@@H]1OCC[C@H]1C#Cc1cnc(Nc2ccnc(-c3cnn(S(=O)(=O)C4CC4)c3)n2)cc1NC1CCC(CO)CC1. The molecule has 0 unspecified atom stereocenters. The molecule has 12 heteroatoms. The van der Waals surface area contributed by atoms with Gasteiger partial charge in [-0.2, -0.15) is 9.19 Å². The highest BCUT2D eigenvalue weighted by Crippen LogP contribution is 2.31. The fourth-order valence-corrected chi connectivity index (χ4v) is 6.80. The first kappa shape index (κ1) is 27.6. The van der Waals surface area contributed by atoms with Gasteiger partial charge >= 0.3 is 0 Å². The molecule has 3 aromatic rings. The number of aromatic nitrogens is 5. The molecule has 4 heterocycles. The molecule has 6 rings (SSSR count). The second-order valence-corrected chi connectivity index (χ2v) is 13.2. The number of aliphatic hydroxyl groups excluding tert-OH is 1. The van der Waals surface area contributed by atoms with Crippen LogP contribution in [-0.2, 0) is 14.8 Å². The van der Waals surface area contributed by atoms with Crippen LogP contribution >= 0.6 is 0 Å². The van der Waals surface area contributed by atoms with E-state index in [1.54, 1.807) is 18.5 Å². The molecule has 1 saturated heterocycles. The van der Waals surface area contributed by atoms with Crippen molar-refractivity contribution >= 4 is 27.3 Å². The number of ether oxygens (including phenoxy) is 1. The molecule has 3 aliphatic rings. The lowest BCUT2D eigenvalue weighted by Gasteiger charge is -2.29. The van der Waals surface area contributed by atoms with E-state index in [1.807, 2.05) is 6.07 Å². The zero-order valence-electron chi connectivity index (χ0n) is 23.0. The third-order valence-electron chi connectivity index (χ3n) is 8.07. The van der Waals surface area contributed by atoms with Crippen LogP contribution in [0.25, 0.3) is 11.4 Å². The van der Waals surface area contributed by atoms with Crippen molar-refractivity contribution < 1.29 is 18.3 Å². The predicted molar refractivity (Wildman–Crippen MR) is 155 cm³/mol. The third kappa shape index (κ3) is 6.37. The average molecular weight is 578 g/mol. The van der Waals surface area contributed by atoms with Gasteiger partial charge in [-0.05, 0) is 63.9 Å². The van der Waals surface area contributed by atoms with E-state index in [1.165, 1.54) is 12.4 Å². The summed E-state index contributed by atoms with van der Waals surface area (Å²) in [6, 6.07) is 3.96. The first-order valence-corrected chi connectivity index (χ1v) is 15.8. The monoisotopic (exact) mass is 577 g/mol. The molecule has 0 spiro atoms. The Bertz CT molecular complexity index is 1550. The molecule has 0 bridgehead atoms. The Kier molecular flexibility index (Phi) is 7.92. The number of pyridine rings is 1. The molecule has 3 fully saturated rings. The van der Waals surface area contributed by atoms with Crippen LogP contribution in [0, 0.1) is 23.7 Å². The summed E-state index contributed by atoms with van der Waals surface area (Å²) in [6.45, 7) is 3.04. The molecule has 11 nitrogen and oxygen atoms in total. The minimum atomic E-state index is -3.46. The molecule has 3 N–H and O–H groups in total. The second kappa shape index (κ2) is 11.8. The van der Waals surface area contributed by atoms with Crippen molar-refractivity contribution in [1.82, 2.24) is 24.1 Å². The van der Waals surface area contributed by atoms with Crippen LogP contribution in [0.15, 0.2) is 36.9 Å². The maximum Gasteiger partial charge on any atom is 0.256 e. The lowest BCUT2D eigenvalue weighted by Crippen LogP contribution is -2.27. The summed E-state index contributed by atoms with van der Waals surface area (Å²) >= 11 is 0. The number of aliphatic hydroxyl groups is 1. The second-order valence-electron chi connectivity index (χ2n) is 11.1. The predicted octanol–water partition coefficient (Wildman–Crippen LogP) is 3.56. The first-order valence-electron chi connectivity index (χ1n) is 14.3. The number of hydrogen-bond acceptors (Lipinski definition) is 10. The van der Waals surface area contributed by atoms with E-state index >= 15 is 0 Å². The van der Waals surface area contributed by atoms with Crippen molar-refractivity contribution in [3.63, 3.8) is 0 Å². The van der Waals surface area contributed by atoms with Gasteiger partial charge in [-0.15, -0.1) is 0 Å². The van der Waals surface area contributed by atoms with Crippen LogP contribution in [0.5, 0.6) is 0 Å². The quantitative estimate of drug-likeness (QED) is 0.340. The molecule has 216 valence electrons. The lowest BCUT2D eigenvalue weighted by molar-refractivity contribution is 0.115. The maximum atomic E-state index is 12.5. The lowest BCUT2D eigenvalue weighted by atomic mass is 9.86. The zero-order chi connectivity index (χ0) is 28.4. The third-order valence-corrected chi connectivity index (χ3v) is 10.1. The zero-order valence-corrected chi connectivity index (χ0v) is 23.8. The van der Waals surface area contributed by atoms with Crippen molar-refractivity contribution in [2.24, 2.45) is 11.8 Å². The Hall–Kier alpha value is -3.53. The Morgan fingerprint density at radius 1 is 1.10 bits per heavy atom. The van der Waals surface area contributed by atoms with Gasteiger partial charge in [-0.1, -0.05) is 11.8 Å². The minimum Gasteiger partial charge on any atom is -0.396 e. The summed E-state index contributed by atoms with van der Waals surface area (Å²) in [5, 5.41) is 20.2. The molecule has 3 aromatic heterocycles. The summed E-state index contributed by atoms with van der Waals surface area (Å²) in [7, 11) is -3.46. The topological polar surface area (TPSA) is 144 Å². The van der Waals surface area contributed by atoms with Gasteiger partial charge in [0.1, 0.15) is 11.6 Å². The first-order chi connectivity index (χ1) is 19.9. The summed E-state index contributed by atoms with van der Waals surface area (Å²) in [5.74, 6) is 8.76. The fraction of sp³-hybridized carbons (Fsp3) is 0.517. The van der Waals surface area contributed by atoms with Gasteiger partial charge in [-0.3, -0.25) is 0 Å². The summed E-state index contributed by atoms with van der Waals surface area (Å²) in [4.78, 5) is 13.5. The fourth-order valence-electron chi connectivity index (χ4n) is 5.32. The molecule has 0 radical (unpaired) electrons. The van der Waals surface area contributed by atoms with Crippen molar-refractivity contribution in [3.8, 4) is 23.2 Å². The van der Waals surface area contributed by atoms with Crippen LogP contribution in [0.2, 0.25) is 0 Å². The highest BCUT2D eigenvalue weighted by Gasteiger charge is 2.37. The molecular formula is C29H35N7O4S.